The summed E-state index contributed by atoms with van der Waals surface area (Å²) in [7, 11) is 1.26. The number of fused-ring (bicyclic) bond motifs is 3. The summed E-state index contributed by atoms with van der Waals surface area (Å²) in [6.45, 7) is 8.89. The van der Waals surface area contributed by atoms with Crippen LogP contribution >= 0.6 is 0 Å². The van der Waals surface area contributed by atoms with Crippen LogP contribution in [0.5, 0.6) is 0 Å². The SMILES string of the molecule is COC(=O)[C@H]1COC(C)(C)N1C(=O)[C@H](COC(C)(C)C)NC(=O)OCC1c2ccccc2-c2ccccc21. The van der Waals surface area contributed by atoms with Crippen LogP contribution in [0, 0.1) is 0 Å². The Kier molecular flexibility index (Phi) is 7.80. The molecule has 2 aromatic carbocycles. The van der Waals surface area contributed by atoms with Gasteiger partial charge in [-0.15, -0.1) is 0 Å². The Bertz CT molecular complexity index is 1160. The molecule has 0 saturated carbocycles. The van der Waals surface area contributed by atoms with E-state index >= 15 is 0 Å². The minimum absolute atomic E-state index is 0.0107. The molecule has 1 N–H and O–H groups in total. The van der Waals surface area contributed by atoms with E-state index in [1.54, 1.807) is 13.8 Å². The Morgan fingerprint density at radius 3 is 2.18 bits per heavy atom. The van der Waals surface area contributed by atoms with Crippen molar-refractivity contribution in [3.8, 4) is 11.1 Å². The number of amides is 2. The average Bonchev–Trinajstić information content (AvgIpc) is 3.37. The number of ether oxygens (including phenoxy) is 4. The van der Waals surface area contributed by atoms with Crippen molar-refractivity contribution in [2.45, 2.75) is 63.9 Å². The normalized spacial score (nSPS) is 18.9. The fraction of sp³-hybridized carbons (Fsp3) is 0.483. The minimum atomic E-state index is -1.11. The van der Waals surface area contributed by atoms with Crippen LogP contribution in [0.15, 0.2) is 48.5 Å². The highest BCUT2D eigenvalue weighted by molar-refractivity contribution is 5.91. The molecule has 0 bridgehead atoms. The van der Waals surface area contributed by atoms with Gasteiger partial charge in [0.2, 0.25) is 0 Å². The molecule has 2 atom stereocenters. The maximum Gasteiger partial charge on any atom is 0.407 e. The molecule has 9 heteroatoms. The first-order valence-electron chi connectivity index (χ1n) is 12.7. The van der Waals surface area contributed by atoms with E-state index in [1.807, 2.05) is 57.2 Å². The van der Waals surface area contributed by atoms with Gasteiger partial charge in [0.25, 0.3) is 5.91 Å². The minimum Gasteiger partial charge on any atom is -0.467 e. The highest BCUT2D eigenvalue weighted by atomic mass is 16.6. The molecule has 0 unspecified atom stereocenters. The molecule has 4 rings (SSSR count). The van der Waals surface area contributed by atoms with E-state index in [1.165, 1.54) is 12.0 Å². The molecule has 0 aromatic heterocycles. The third-order valence-electron chi connectivity index (χ3n) is 6.81. The van der Waals surface area contributed by atoms with Gasteiger partial charge in [-0.3, -0.25) is 9.69 Å². The molecule has 1 heterocycles. The van der Waals surface area contributed by atoms with Gasteiger partial charge in [0.05, 0.1) is 25.9 Å². The maximum atomic E-state index is 13.7. The lowest BCUT2D eigenvalue weighted by Crippen LogP contribution is -2.59. The second-order valence-electron chi connectivity index (χ2n) is 11.0. The molecule has 2 aliphatic rings. The zero-order chi connectivity index (χ0) is 27.7. The quantitative estimate of drug-likeness (QED) is 0.549. The number of nitrogens with one attached hydrogen (secondary N) is 1. The summed E-state index contributed by atoms with van der Waals surface area (Å²) in [6, 6.07) is 14.0. The Hall–Kier alpha value is -3.43. The molecule has 2 aromatic rings. The van der Waals surface area contributed by atoms with Gasteiger partial charge < -0.3 is 24.3 Å². The number of nitrogens with zero attached hydrogens (tertiary/aromatic N) is 1. The van der Waals surface area contributed by atoms with E-state index in [2.05, 4.69) is 17.4 Å². The number of alkyl carbamates (subject to hydrolysis) is 1. The van der Waals surface area contributed by atoms with Gasteiger partial charge in [0.15, 0.2) is 6.04 Å². The predicted molar refractivity (Wildman–Crippen MR) is 140 cm³/mol. The van der Waals surface area contributed by atoms with Crippen molar-refractivity contribution in [1.29, 1.82) is 0 Å². The summed E-state index contributed by atoms with van der Waals surface area (Å²) in [4.78, 5) is 40.4. The molecule has 0 radical (unpaired) electrons. The van der Waals surface area contributed by atoms with Crippen LogP contribution in [0.1, 0.15) is 51.7 Å². The second kappa shape index (κ2) is 10.7. The molecular formula is C29H36N2O7. The third-order valence-corrected chi connectivity index (χ3v) is 6.81. The van der Waals surface area contributed by atoms with E-state index in [9.17, 15) is 14.4 Å². The number of esters is 1. The molecule has 1 fully saturated rings. The Labute approximate surface area is 223 Å². The van der Waals surface area contributed by atoms with E-state index in [4.69, 9.17) is 18.9 Å². The number of carbonyl (C=O) groups excluding carboxylic acids is 3. The molecule has 2 amide bonds. The van der Waals surface area contributed by atoms with Crippen LogP contribution in [0.3, 0.4) is 0 Å². The van der Waals surface area contributed by atoms with Gasteiger partial charge in [0, 0.05) is 5.92 Å². The smallest absolute Gasteiger partial charge is 0.407 e. The summed E-state index contributed by atoms with van der Waals surface area (Å²) < 4.78 is 22.1. The summed E-state index contributed by atoms with van der Waals surface area (Å²) in [6.07, 6.45) is -0.754. The van der Waals surface area contributed by atoms with Gasteiger partial charge in [-0.2, -0.15) is 0 Å². The topological polar surface area (TPSA) is 103 Å². The molecule has 1 saturated heterocycles. The Morgan fingerprint density at radius 1 is 1.05 bits per heavy atom. The number of methoxy groups -OCH3 is 1. The fourth-order valence-corrected chi connectivity index (χ4v) is 4.99. The molecule has 9 nitrogen and oxygen atoms in total. The second-order valence-corrected chi connectivity index (χ2v) is 11.0. The fourth-order valence-electron chi connectivity index (χ4n) is 4.99. The number of rotatable bonds is 7. The predicted octanol–water partition coefficient (Wildman–Crippen LogP) is 3.85. The molecule has 38 heavy (non-hydrogen) atoms. The number of carbonyl (C=O) groups is 3. The largest absolute Gasteiger partial charge is 0.467 e. The van der Waals surface area contributed by atoms with Crippen molar-refractivity contribution in [3.05, 3.63) is 59.7 Å². The van der Waals surface area contributed by atoms with E-state index < -0.39 is 41.4 Å². The van der Waals surface area contributed by atoms with Gasteiger partial charge >= 0.3 is 12.1 Å². The van der Waals surface area contributed by atoms with E-state index in [-0.39, 0.29) is 25.7 Å². The Balaban J connectivity index is 1.50. The first-order valence-corrected chi connectivity index (χ1v) is 12.7. The Morgan fingerprint density at radius 2 is 1.63 bits per heavy atom. The zero-order valence-electron chi connectivity index (χ0n) is 22.8. The highest BCUT2D eigenvalue weighted by Gasteiger charge is 2.49. The standard InChI is InChI=1S/C29H36N2O7/c1-28(2,3)37-16-23(25(32)31-24(26(33)35-6)17-38-29(31,4)5)30-27(34)36-15-22-20-13-9-7-11-18(20)19-12-8-10-14-21(19)22/h7-14,22-24H,15-17H2,1-6H3,(H,30,34)/t23-,24+/m0/s1. The molecule has 204 valence electrons. The molecule has 1 aliphatic carbocycles. The number of benzene rings is 2. The van der Waals surface area contributed by atoms with Crippen molar-refractivity contribution in [3.63, 3.8) is 0 Å². The lowest BCUT2D eigenvalue weighted by molar-refractivity contribution is -0.160. The monoisotopic (exact) mass is 524 g/mol. The van der Waals surface area contributed by atoms with E-state index in [0.717, 1.165) is 22.3 Å². The van der Waals surface area contributed by atoms with Crippen LogP contribution < -0.4 is 5.32 Å². The van der Waals surface area contributed by atoms with Gasteiger partial charge in [0.1, 0.15) is 18.4 Å². The third kappa shape index (κ3) is 5.68. The van der Waals surface area contributed by atoms with Crippen molar-refractivity contribution < 1.29 is 33.3 Å². The molecular weight excluding hydrogens is 488 g/mol. The van der Waals surface area contributed by atoms with Crippen LogP contribution in [-0.2, 0) is 28.5 Å². The van der Waals surface area contributed by atoms with Crippen molar-refractivity contribution >= 4 is 18.0 Å². The van der Waals surface area contributed by atoms with Crippen molar-refractivity contribution in [2.24, 2.45) is 0 Å². The summed E-state index contributed by atoms with van der Waals surface area (Å²) >= 11 is 0. The van der Waals surface area contributed by atoms with Gasteiger partial charge in [-0.05, 0) is 56.9 Å². The van der Waals surface area contributed by atoms with Crippen LogP contribution in [0.25, 0.3) is 11.1 Å². The number of hydrogen-bond donors (Lipinski definition) is 1. The van der Waals surface area contributed by atoms with Crippen LogP contribution in [-0.4, -0.2) is 73.2 Å². The average molecular weight is 525 g/mol. The van der Waals surface area contributed by atoms with Gasteiger partial charge in [-0.25, -0.2) is 9.59 Å². The first kappa shape index (κ1) is 27.6. The van der Waals surface area contributed by atoms with Crippen LogP contribution in [0.4, 0.5) is 4.79 Å². The summed E-state index contributed by atoms with van der Waals surface area (Å²) in [5.41, 5.74) is 2.76. The summed E-state index contributed by atoms with van der Waals surface area (Å²) in [5.74, 6) is -1.25. The van der Waals surface area contributed by atoms with Crippen LogP contribution in [0.2, 0.25) is 0 Å². The summed E-state index contributed by atoms with van der Waals surface area (Å²) in [5, 5.41) is 2.67. The molecule has 0 spiro atoms. The first-order chi connectivity index (χ1) is 17.9. The lowest BCUT2D eigenvalue weighted by Gasteiger charge is -2.35. The highest BCUT2D eigenvalue weighted by Crippen LogP contribution is 2.44. The van der Waals surface area contributed by atoms with Gasteiger partial charge in [-0.1, -0.05) is 48.5 Å². The lowest BCUT2D eigenvalue weighted by atomic mass is 9.98. The zero-order valence-corrected chi connectivity index (χ0v) is 22.8. The van der Waals surface area contributed by atoms with Crippen molar-refractivity contribution in [1.82, 2.24) is 10.2 Å². The van der Waals surface area contributed by atoms with E-state index in [0.29, 0.717) is 0 Å². The molecule has 1 aliphatic heterocycles. The van der Waals surface area contributed by atoms with Crippen molar-refractivity contribution in [2.75, 3.05) is 26.9 Å². The number of hydrogen-bond acceptors (Lipinski definition) is 7. The maximum absolute atomic E-state index is 13.7.